The van der Waals surface area contributed by atoms with E-state index in [1.54, 1.807) is 0 Å². The summed E-state index contributed by atoms with van der Waals surface area (Å²) in [5.74, 6) is 0.580. The van der Waals surface area contributed by atoms with Gasteiger partial charge in [0.05, 0.1) is 30.8 Å². The normalized spacial score (nSPS) is 9.53. The molecule has 1 rings (SSSR count). The van der Waals surface area contributed by atoms with E-state index in [0.717, 1.165) is 0 Å². The molecule has 0 spiro atoms. The molecule has 0 saturated carbocycles. The number of carbonyl (C=O) groups is 1. The van der Waals surface area contributed by atoms with E-state index in [1.807, 2.05) is 0 Å². The van der Waals surface area contributed by atoms with Crippen molar-refractivity contribution in [2.45, 2.75) is 6.61 Å². The molecule has 0 atom stereocenters. The summed E-state index contributed by atoms with van der Waals surface area (Å²) in [6.45, 7) is 0.0284. The molecule has 0 heterocycles. The Morgan fingerprint density at radius 3 is 2.35 bits per heavy atom. The summed E-state index contributed by atoms with van der Waals surface area (Å²) in [6.07, 6.45) is 0. The third-order valence-corrected chi connectivity index (χ3v) is 2.09. The second-order valence-corrected chi connectivity index (χ2v) is 3.00. The van der Waals surface area contributed by atoms with Gasteiger partial charge in [0, 0.05) is 0 Å². The van der Waals surface area contributed by atoms with Crippen LogP contribution in [-0.4, -0.2) is 25.6 Å². The Morgan fingerprint density at radius 1 is 1.29 bits per heavy atom. The first kappa shape index (κ1) is 12.8. The van der Waals surface area contributed by atoms with Gasteiger partial charge in [-0.3, -0.25) is 14.9 Å². The first-order valence-corrected chi connectivity index (χ1v) is 4.58. The lowest BCUT2D eigenvalue weighted by Crippen LogP contribution is -2.00. The van der Waals surface area contributed by atoms with Crippen molar-refractivity contribution in [2.24, 2.45) is 0 Å². The van der Waals surface area contributed by atoms with Crippen LogP contribution in [0, 0.1) is 10.1 Å². The second kappa shape index (κ2) is 5.69. The van der Waals surface area contributed by atoms with E-state index < -0.39 is 4.92 Å². The lowest BCUT2D eigenvalue weighted by Gasteiger charge is -2.09. The van der Waals surface area contributed by atoms with Gasteiger partial charge in [-0.1, -0.05) is 0 Å². The molecule has 7 nitrogen and oxygen atoms in total. The van der Waals surface area contributed by atoms with Crippen molar-refractivity contribution < 1.29 is 23.9 Å². The molecule has 0 bridgehead atoms. The van der Waals surface area contributed by atoms with Crippen LogP contribution in [0.4, 0.5) is 5.69 Å². The van der Waals surface area contributed by atoms with E-state index in [9.17, 15) is 14.9 Å². The molecule has 92 valence electrons. The fraction of sp³-hybridized carbons (Fsp3) is 0.300. The Kier molecular flexibility index (Phi) is 4.27. The zero-order valence-corrected chi connectivity index (χ0v) is 9.34. The predicted molar refractivity (Wildman–Crippen MR) is 57.1 cm³/mol. The molecule has 0 radical (unpaired) electrons. The molecule has 0 aromatic heterocycles. The van der Waals surface area contributed by atoms with Crippen molar-refractivity contribution in [2.75, 3.05) is 14.2 Å². The number of nitro benzene ring substituents is 1. The summed E-state index contributed by atoms with van der Waals surface area (Å²) in [7, 11) is 2.79. The van der Waals surface area contributed by atoms with Crippen molar-refractivity contribution in [1.82, 2.24) is 0 Å². The maximum Gasteiger partial charge on any atom is 0.293 e. The Balaban J connectivity index is 3.24. The van der Waals surface area contributed by atoms with E-state index in [1.165, 1.54) is 26.4 Å². The van der Waals surface area contributed by atoms with Crippen LogP contribution in [0.3, 0.4) is 0 Å². The highest BCUT2D eigenvalue weighted by Crippen LogP contribution is 2.34. The first-order chi connectivity index (χ1) is 8.13. The largest absolute Gasteiger partial charge is 0.493 e. The van der Waals surface area contributed by atoms with E-state index in [2.05, 4.69) is 4.74 Å². The highest BCUT2D eigenvalue weighted by atomic mass is 16.6. The molecule has 0 aliphatic rings. The summed E-state index contributed by atoms with van der Waals surface area (Å²) in [5, 5.41) is 10.8. The van der Waals surface area contributed by atoms with Crippen LogP contribution >= 0.6 is 0 Å². The van der Waals surface area contributed by atoms with Crippen molar-refractivity contribution in [3.63, 3.8) is 0 Å². The fourth-order valence-electron chi connectivity index (χ4n) is 1.32. The minimum atomic E-state index is -0.578. The van der Waals surface area contributed by atoms with Gasteiger partial charge < -0.3 is 14.2 Å². The summed E-state index contributed by atoms with van der Waals surface area (Å²) in [5.41, 5.74) is 0.0456. The van der Waals surface area contributed by atoms with Crippen LogP contribution in [-0.2, 0) is 16.1 Å². The van der Waals surface area contributed by atoms with Gasteiger partial charge in [0.1, 0.15) is 6.61 Å². The molecule has 0 aliphatic heterocycles. The van der Waals surface area contributed by atoms with E-state index >= 15 is 0 Å². The summed E-state index contributed by atoms with van der Waals surface area (Å²) in [4.78, 5) is 20.3. The van der Waals surface area contributed by atoms with Crippen LogP contribution in [0.1, 0.15) is 5.56 Å². The van der Waals surface area contributed by atoms with Crippen molar-refractivity contribution in [1.29, 1.82) is 0 Å². The zero-order chi connectivity index (χ0) is 12.8. The number of methoxy groups -OCH3 is 2. The van der Waals surface area contributed by atoms with Crippen LogP contribution in [0.25, 0.3) is 0 Å². The Hall–Kier alpha value is -2.31. The highest BCUT2D eigenvalue weighted by molar-refractivity contribution is 5.54. The highest BCUT2D eigenvalue weighted by Gasteiger charge is 2.19. The molecule has 1 aromatic carbocycles. The average Bonchev–Trinajstić information content (AvgIpc) is 2.34. The van der Waals surface area contributed by atoms with Gasteiger partial charge in [0.15, 0.2) is 11.5 Å². The summed E-state index contributed by atoms with van der Waals surface area (Å²) in [6, 6.07) is 2.63. The smallest absolute Gasteiger partial charge is 0.293 e. The van der Waals surface area contributed by atoms with Crippen LogP contribution in [0.5, 0.6) is 11.5 Å². The number of nitrogens with zero attached hydrogens (tertiary/aromatic N) is 1. The zero-order valence-electron chi connectivity index (χ0n) is 9.34. The molecule has 17 heavy (non-hydrogen) atoms. The predicted octanol–water partition coefficient (Wildman–Crippen LogP) is 1.28. The average molecular weight is 241 g/mol. The maximum absolute atomic E-state index is 10.8. The maximum atomic E-state index is 10.8. The summed E-state index contributed by atoms with van der Waals surface area (Å²) < 4.78 is 14.4. The number of carbonyl (C=O) groups excluding carboxylic acids is 1. The number of hydrogen-bond acceptors (Lipinski definition) is 6. The molecule has 0 amide bonds. The Bertz CT molecular complexity index is 431. The Labute approximate surface area is 97.0 Å². The Morgan fingerprint density at radius 2 is 1.88 bits per heavy atom. The molecule has 0 N–H and O–H groups in total. The lowest BCUT2D eigenvalue weighted by molar-refractivity contribution is -0.385. The topological polar surface area (TPSA) is 87.9 Å². The number of benzene rings is 1. The molecular formula is C10H11NO6. The van der Waals surface area contributed by atoms with Gasteiger partial charge >= 0.3 is 0 Å². The molecule has 0 unspecified atom stereocenters. The van der Waals surface area contributed by atoms with Gasteiger partial charge in [0.25, 0.3) is 12.2 Å². The molecule has 7 heteroatoms. The lowest BCUT2D eigenvalue weighted by atomic mass is 10.1. The van der Waals surface area contributed by atoms with Crippen molar-refractivity contribution in [3.05, 3.63) is 27.8 Å². The molecule has 0 fully saturated rings. The van der Waals surface area contributed by atoms with Crippen LogP contribution < -0.4 is 9.47 Å². The quantitative estimate of drug-likeness (QED) is 0.423. The third-order valence-electron chi connectivity index (χ3n) is 2.09. The van der Waals surface area contributed by atoms with Gasteiger partial charge in [-0.25, -0.2) is 0 Å². The van der Waals surface area contributed by atoms with Crippen LogP contribution in [0.15, 0.2) is 12.1 Å². The SMILES string of the molecule is COc1cc(COC=O)c([N+](=O)[O-])cc1OC. The van der Waals surface area contributed by atoms with E-state index in [-0.39, 0.29) is 30.1 Å². The van der Waals surface area contributed by atoms with Gasteiger partial charge in [-0.05, 0) is 6.07 Å². The van der Waals surface area contributed by atoms with E-state index in [0.29, 0.717) is 5.75 Å². The van der Waals surface area contributed by atoms with Gasteiger partial charge in [-0.2, -0.15) is 0 Å². The van der Waals surface area contributed by atoms with Gasteiger partial charge in [-0.15, -0.1) is 0 Å². The molecule has 1 aromatic rings. The number of nitro groups is 1. The summed E-state index contributed by atoms with van der Waals surface area (Å²) >= 11 is 0. The minimum absolute atomic E-state index is 0.190. The van der Waals surface area contributed by atoms with E-state index in [4.69, 9.17) is 9.47 Å². The van der Waals surface area contributed by atoms with Crippen LogP contribution in [0.2, 0.25) is 0 Å². The fourth-order valence-corrected chi connectivity index (χ4v) is 1.32. The van der Waals surface area contributed by atoms with Crippen molar-refractivity contribution in [3.8, 4) is 11.5 Å². The first-order valence-electron chi connectivity index (χ1n) is 4.58. The molecular weight excluding hydrogens is 230 g/mol. The third kappa shape index (κ3) is 2.83. The number of ether oxygens (including phenoxy) is 3. The van der Waals surface area contributed by atoms with Crippen molar-refractivity contribution >= 4 is 12.2 Å². The van der Waals surface area contributed by atoms with Gasteiger partial charge in [0.2, 0.25) is 0 Å². The molecule has 0 saturated heterocycles. The minimum Gasteiger partial charge on any atom is -0.493 e. The molecule has 0 aliphatic carbocycles. The number of hydrogen-bond donors (Lipinski definition) is 0. The number of rotatable bonds is 6. The monoisotopic (exact) mass is 241 g/mol. The standard InChI is InChI=1S/C10H11NO6/c1-15-9-3-7(5-17-6-12)8(11(13)14)4-10(9)16-2/h3-4,6H,5H2,1-2H3. The second-order valence-electron chi connectivity index (χ2n) is 3.00.